The Morgan fingerprint density at radius 2 is 1.62 bits per heavy atom. The Balaban J connectivity index is 1.33. The van der Waals surface area contributed by atoms with Gasteiger partial charge in [0.05, 0.1) is 58.7 Å². The number of carbonyl (C=O) groups excluding carboxylic acids is 4. The number of nitro groups is 1. The number of fused-ring (bicyclic) bond motifs is 4. The molecule has 280 valence electrons. The summed E-state index contributed by atoms with van der Waals surface area (Å²) in [5, 5.41) is 24.5. The first kappa shape index (κ1) is 36.1. The van der Waals surface area contributed by atoms with E-state index in [0.717, 1.165) is 9.91 Å². The summed E-state index contributed by atoms with van der Waals surface area (Å²) in [4.78, 5) is 70.8. The largest absolute Gasteiger partial charge is 0.508 e. The van der Waals surface area contributed by atoms with E-state index in [1.54, 1.807) is 48.5 Å². The first-order chi connectivity index (χ1) is 26.4. The Morgan fingerprint density at radius 3 is 2.27 bits per heavy atom. The Morgan fingerprint density at radius 1 is 0.891 bits per heavy atom. The molecule has 15 heteroatoms. The number of nitrogens with zero attached hydrogens (tertiary/aromatic N) is 3. The lowest BCUT2D eigenvalue weighted by molar-refractivity contribution is -0.384. The summed E-state index contributed by atoms with van der Waals surface area (Å²) in [7, 11) is 2.94. The van der Waals surface area contributed by atoms with Crippen LogP contribution in [-0.4, -0.2) is 52.9 Å². The zero-order valence-electron chi connectivity index (χ0n) is 29.3. The van der Waals surface area contributed by atoms with E-state index in [9.17, 15) is 29.6 Å². The molecular formula is C40H32Cl2N4O9. The number of anilines is 2. The summed E-state index contributed by atoms with van der Waals surface area (Å²) in [6.07, 6.45) is 1.94. The number of carbonyl (C=O) groups is 4. The summed E-state index contributed by atoms with van der Waals surface area (Å²) in [6.45, 7) is 0. The topological polar surface area (TPSA) is 169 Å². The maximum atomic E-state index is 15.5. The van der Waals surface area contributed by atoms with E-state index in [1.165, 1.54) is 50.6 Å². The highest BCUT2D eigenvalue weighted by atomic mass is 35.5. The molecule has 3 fully saturated rings. The third kappa shape index (κ3) is 5.35. The van der Waals surface area contributed by atoms with Gasteiger partial charge in [-0.15, -0.1) is 0 Å². The SMILES string of the molecule is COc1ccc([C@@]23C(=O)N(Nc4ccc(Cl)cc4Cl)C(=O)[C@@H]2C[C@@H]2C(=CC[C@@H]4C(=O)N(c5ccc([N+](=O)[O-])cc5)C(=O)[C@@H]42)[C@@H]3c2c(O)cccc2OC)cc1. The molecule has 2 aliphatic carbocycles. The normalized spacial score (nSPS) is 25.6. The highest BCUT2D eigenvalue weighted by molar-refractivity contribution is 6.36. The minimum atomic E-state index is -1.72. The van der Waals surface area contributed by atoms with Gasteiger partial charge in [-0.3, -0.25) is 39.6 Å². The minimum Gasteiger partial charge on any atom is -0.508 e. The van der Waals surface area contributed by atoms with Crippen molar-refractivity contribution in [2.45, 2.75) is 24.2 Å². The summed E-state index contributed by atoms with van der Waals surface area (Å²) in [5.74, 6) is -6.45. The molecule has 0 spiro atoms. The fraction of sp³-hybridized carbons (Fsp3) is 0.250. The van der Waals surface area contributed by atoms with Gasteiger partial charge in [0.15, 0.2) is 0 Å². The number of amides is 4. The Kier molecular flexibility index (Phi) is 8.81. The molecule has 1 saturated carbocycles. The molecule has 2 N–H and O–H groups in total. The van der Waals surface area contributed by atoms with Crippen LogP contribution in [-0.2, 0) is 24.6 Å². The van der Waals surface area contributed by atoms with Crippen LogP contribution in [0.3, 0.4) is 0 Å². The van der Waals surface area contributed by atoms with E-state index in [0.29, 0.717) is 21.9 Å². The van der Waals surface area contributed by atoms with Crippen LogP contribution in [0.2, 0.25) is 10.0 Å². The summed E-state index contributed by atoms with van der Waals surface area (Å²) < 4.78 is 11.3. The second-order valence-corrected chi connectivity index (χ2v) is 14.7. The molecule has 4 amide bonds. The number of benzene rings is 4. The monoisotopic (exact) mass is 782 g/mol. The van der Waals surface area contributed by atoms with Gasteiger partial charge in [0.25, 0.3) is 17.5 Å². The maximum absolute atomic E-state index is 15.5. The predicted molar refractivity (Wildman–Crippen MR) is 201 cm³/mol. The molecule has 0 radical (unpaired) electrons. The van der Waals surface area contributed by atoms with Crippen molar-refractivity contribution in [3.8, 4) is 17.2 Å². The quantitative estimate of drug-likeness (QED) is 0.0838. The van der Waals surface area contributed by atoms with Crippen LogP contribution in [0, 0.1) is 33.8 Å². The molecular weight excluding hydrogens is 751 g/mol. The number of hydrogen-bond acceptors (Lipinski definition) is 10. The van der Waals surface area contributed by atoms with Crippen LogP contribution in [0.5, 0.6) is 17.2 Å². The molecule has 8 rings (SSSR count). The van der Waals surface area contributed by atoms with Crippen molar-refractivity contribution in [3.63, 3.8) is 0 Å². The third-order valence-electron chi connectivity index (χ3n) is 11.5. The highest BCUT2D eigenvalue weighted by Crippen LogP contribution is 2.66. The van der Waals surface area contributed by atoms with E-state index in [2.05, 4.69) is 5.43 Å². The number of allylic oxidation sites excluding steroid dienone is 2. The Labute approximate surface area is 324 Å². The molecule has 4 aromatic rings. The molecule has 2 saturated heterocycles. The first-order valence-electron chi connectivity index (χ1n) is 17.3. The summed E-state index contributed by atoms with van der Waals surface area (Å²) in [6, 6.07) is 21.2. The Bertz CT molecular complexity index is 2330. The number of methoxy groups -OCH3 is 2. The van der Waals surface area contributed by atoms with Crippen molar-refractivity contribution in [1.82, 2.24) is 5.01 Å². The lowest BCUT2D eigenvalue weighted by Crippen LogP contribution is -2.53. The van der Waals surface area contributed by atoms with Crippen LogP contribution in [0.4, 0.5) is 17.1 Å². The number of hydrogen-bond donors (Lipinski definition) is 2. The minimum absolute atomic E-state index is 0.0182. The zero-order valence-corrected chi connectivity index (χ0v) is 30.8. The van der Waals surface area contributed by atoms with E-state index in [-0.39, 0.29) is 52.0 Å². The van der Waals surface area contributed by atoms with Crippen molar-refractivity contribution in [2.75, 3.05) is 24.5 Å². The number of halogens is 2. The molecule has 55 heavy (non-hydrogen) atoms. The number of non-ortho nitro benzene ring substituents is 1. The molecule has 6 atom stereocenters. The smallest absolute Gasteiger partial charge is 0.269 e. The van der Waals surface area contributed by atoms with E-state index >= 15 is 4.79 Å². The maximum Gasteiger partial charge on any atom is 0.269 e. The van der Waals surface area contributed by atoms with Crippen LogP contribution in [0.1, 0.15) is 29.9 Å². The molecule has 0 bridgehead atoms. The van der Waals surface area contributed by atoms with Crippen molar-refractivity contribution >= 4 is 63.9 Å². The van der Waals surface area contributed by atoms with Gasteiger partial charge in [-0.2, -0.15) is 5.01 Å². The fourth-order valence-electron chi connectivity index (χ4n) is 9.14. The van der Waals surface area contributed by atoms with Gasteiger partial charge >= 0.3 is 0 Å². The average Bonchev–Trinajstić information content (AvgIpc) is 3.56. The van der Waals surface area contributed by atoms with Gasteiger partial charge in [0.1, 0.15) is 17.2 Å². The molecule has 0 aromatic heterocycles. The number of rotatable bonds is 8. The summed E-state index contributed by atoms with van der Waals surface area (Å²) in [5.41, 5.74) is 2.70. The third-order valence-corrected chi connectivity index (χ3v) is 12.0. The van der Waals surface area contributed by atoms with Gasteiger partial charge in [-0.25, -0.2) is 0 Å². The lowest BCUT2D eigenvalue weighted by Gasteiger charge is -2.50. The average molecular weight is 784 g/mol. The molecule has 2 heterocycles. The van der Waals surface area contributed by atoms with Gasteiger partial charge in [-0.05, 0) is 78.9 Å². The van der Waals surface area contributed by atoms with E-state index in [4.69, 9.17) is 32.7 Å². The number of nitro benzene ring substituents is 1. The number of hydrazine groups is 1. The van der Waals surface area contributed by atoms with Crippen LogP contribution >= 0.6 is 23.2 Å². The van der Waals surface area contributed by atoms with E-state index < -0.39 is 63.6 Å². The van der Waals surface area contributed by atoms with Gasteiger partial charge in [0, 0.05) is 28.6 Å². The highest BCUT2D eigenvalue weighted by Gasteiger charge is 2.71. The second-order valence-electron chi connectivity index (χ2n) is 13.9. The standard InChI is InChI=1S/C40H32Cl2N4O9/c1-54-24-13-6-20(7-14-24)40-28(37(49)45(39(40)51)43-30-17-8-21(41)18-29(30)42)19-27-25(35(40)34-31(47)4-3-5-32(34)55-2)15-16-26-33(27)38(50)44(36(26)48)22-9-11-23(12-10-22)46(52)53/h3-15,17-18,26-28,33,35,43,47H,16,19H2,1-2H3/t26-,27+,28-,33-,35+,40+/m0/s1. The number of nitrogens with one attached hydrogen (secondary N) is 1. The Hall–Kier alpha value is -5.92. The van der Waals surface area contributed by atoms with Crippen molar-refractivity contribution in [1.29, 1.82) is 0 Å². The molecule has 4 aliphatic rings. The van der Waals surface area contributed by atoms with Gasteiger partial charge < -0.3 is 14.6 Å². The molecule has 13 nitrogen and oxygen atoms in total. The van der Waals surface area contributed by atoms with E-state index in [1.807, 2.05) is 6.08 Å². The first-order valence-corrected chi connectivity index (χ1v) is 18.1. The van der Waals surface area contributed by atoms with Gasteiger partial charge in [-0.1, -0.05) is 53.1 Å². The fourth-order valence-corrected chi connectivity index (χ4v) is 9.59. The second kappa shape index (κ2) is 13.4. The number of phenols is 1. The van der Waals surface area contributed by atoms with Crippen molar-refractivity contribution < 1.29 is 38.7 Å². The van der Waals surface area contributed by atoms with Gasteiger partial charge in [0.2, 0.25) is 11.8 Å². The number of imide groups is 2. The van der Waals surface area contributed by atoms with Crippen molar-refractivity contribution in [3.05, 3.63) is 128 Å². The molecule has 4 aromatic carbocycles. The number of aromatic hydroxyl groups is 1. The van der Waals surface area contributed by atoms with Crippen molar-refractivity contribution in [2.24, 2.45) is 23.7 Å². The van der Waals surface area contributed by atoms with Crippen LogP contribution < -0.4 is 19.8 Å². The molecule has 2 aliphatic heterocycles. The zero-order chi connectivity index (χ0) is 38.9. The number of ether oxygens (including phenoxy) is 2. The van der Waals surface area contributed by atoms with Crippen LogP contribution in [0.15, 0.2) is 96.6 Å². The number of phenolic OH excluding ortho intramolecular Hbond substituents is 1. The lowest BCUT2D eigenvalue weighted by atomic mass is 9.49. The summed E-state index contributed by atoms with van der Waals surface area (Å²) >= 11 is 12.7. The molecule has 0 unspecified atom stereocenters. The predicted octanol–water partition coefficient (Wildman–Crippen LogP) is 6.81. The van der Waals surface area contributed by atoms with Crippen LogP contribution in [0.25, 0.3) is 0 Å².